The fraction of sp³-hybridized carbons (Fsp3) is 0.0435. The number of halogens is 2. The predicted octanol–water partition coefficient (Wildman–Crippen LogP) is 7.09. The standard InChI is InChI=1S/C23H16Cl2N4O2S/c1-14-2-10-18(11-3-14)28-21(30)20(27-26-17-8-4-15(24)5-9-17)22(31)29(23(28)32)19-12-6-16(25)7-13-19/h2-13,30H,1H3. The summed E-state index contributed by atoms with van der Waals surface area (Å²) in [5.41, 5.74) is 1.68. The highest BCUT2D eigenvalue weighted by molar-refractivity contribution is 7.71. The molecule has 1 aromatic heterocycles. The van der Waals surface area contributed by atoms with Crippen LogP contribution < -0.4 is 5.56 Å². The predicted molar refractivity (Wildman–Crippen MR) is 129 cm³/mol. The summed E-state index contributed by atoms with van der Waals surface area (Å²) in [4.78, 5) is 13.3. The van der Waals surface area contributed by atoms with Gasteiger partial charge in [-0.05, 0) is 79.8 Å². The number of nitrogens with zero attached hydrogens (tertiary/aromatic N) is 4. The molecule has 0 aliphatic heterocycles. The lowest BCUT2D eigenvalue weighted by atomic mass is 10.2. The molecule has 32 heavy (non-hydrogen) atoms. The molecule has 0 fully saturated rings. The van der Waals surface area contributed by atoms with Gasteiger partial charge in [-0.15, -0.1) is 5.11 Å². The Labute approximate surface area is 198 Å². The second kappa shape index (κ2) is 9.08. The van der Waals surface area contributed by atoms with Gasteiger partial charge < -0.3 is 5.11 Å². The number of hydrogen-bond donors (Lipinski definition) is 1. The van der Waals surface area contributed by atoms with Crippen molar-refractivity contribution in [3.63, 3.8) is 0 Å². The summed E-state index contributed by atoms with van der Waals surface area (Å²) in [6.45, 7) is 1.95. The Kier molecular flexibility index (Phi) is 6.23. The smallest absolute Gasteiger partial charge is 0.290 e. The number of benzene rings is 3. The van der Waals surface area contributed by atoms with Gasteiger partial charge in [-0.3, -0.25) is 13.9 Å². The molecule has 1 N–H and O–H groups in total. The van der Waals surface area contributed by atoms with E-state index in [2.05, 4.69) is 10.2 Å². The van der Waals surface area contributed by atoms with E-state index in [1.165, 1.54) is 9.13 Å². The van der Waals surface area contributed by atoms with Crippen molar-refractivity contribution in [2.75, 3.05) is 0 Å². The van der Waals surface area contributed by atoms with Gasteiger partial charge in [0.25, 0.3) is 5.56 Å². The fourth-order valence-corrected chi connectivity index (χ4v) is 3.66. The molecule has 9 heteroatoms. The van der Waals surface area contributed by atoms with Gasteiger partial charge in [0.05, 0.1) is 17.1 Å². The topological polar surface area (TPSA) is 71.9 Å². The zero-order chi connectivity index (χ0) is 22.8. The largest absolute Gasteiger partial charge is 0.492 e. The molecule has 6 nitrogen and oxygen atoms in total. The van der Waals surface area contributed by atoms with Crippen LogP contribution in [0.5, 0.6) is 5.88 Å². The number of azo groups is 1. The van der Waals surface area contributed by atoms with E-state index in [1.54, 1.807) is 60.7 Å². The lowest BCUT2D eigenvalue weighted by molar-refractivity contribution is 0.432. The average Bonchev–Trinajstić information content (AvgIpc) is 2.77. The van der Waals surface area contributed by atoms with E-state index in [0.29, 0.717) is 27.1 Å². The minimum absolute atomic E-state index is 0.0733. The maximum atomic E-state index is 13.3. The van der Waals surface area contributed by atoms with Crippen molar-refractivity contribution in [3.8, 4) is 17.3 Å². The van der Waals surface area contributed by atoms with Crippen LogP contribution in [0.4, 0.5) is 11.4 Å². The van der Waals surface area contributed by atoms with Crippen LogP contribution in [-0.2, 0) is 0 Å². The lowest BCUT2D eigenvalue weighted by Crippen LogP contribution is -2.23. The molecule has 0 saturated carbocycles. The molecular weight excluding hydrogens is 467 g/mol. The molecule has 3 aromatic carbocycles. The summed E-state index contributed by atoms with van der Waals surface area (Å²) in [5, 5.41) is 20.2. The third-order valence-corrected chi connectivity index (χ3v) is 5.55. The van der Waals surface area contributed by atoms with Crippen LogP contribution >= 0.6 is 35.4 Å². The van der Waals surface area contributed by atoms with Crippen molar-refractivity contribution in [3.05, 3.63) is 104 Å². The minimum Gasteiger partial charge on any atom is -0.492 e. The molecule has 0 bridgehead atoms. The Bertz CT molecular complexity index is 1430. The van der Waals surface area contributed by atoms with Gasteiger partial charge in [-0.25, -0.2) is 0 Å². The summed E-state index contributed by atoms with van der Waals surface area (Å²) in [6.07, 6.45) is 0. The second-order valence-corrected chi connectivity index (χ2v) is 8.16. The van der Waals surface area contributed by atoms with Crippen LogP contribution in [0.25, 0.3) is 11.4 Å². The van der Waals surface area contributed by atoms with E-state index in [9.17, 15) is 9.90 Å². The van der Waals surface area contributed by atoms with Crippen molar-refractivity contribution >= 4 is 46.8 Å². The molecule has 0 amide bonds. The molecule has 0 atom stereocenters. The lowest BCUT2D eigenvalue weighted by Gasteiger charge is -2.16. The van der Waals surface area contributed by atoms with Gasteiger partial charge in [0.2, 0.25) is 11.6 Å². The molecule has 0 saturated heterocycles. The number of hydrogen-bond acceptors (Lipinski definition) is 5. The van der Waals surface area contributed by atoms with Gasteiger partial charge in [0.1, 0.15) is 0 Å². The first kappa shape index (κ1) is 22.0. The zero-order valence-corrected chi connectivity index (χ0v) is 19.1. The van der Waals surface area contributed by atoms with Gasteiger partial charge in [0.15, 0.2) is 4.77 Å². The van der Waals surface area contributed by atoms with E-state index in [1.807, 2.05) is 19.1 Å². The van der Waals surface area contributed by atoms with Crippen LogP contribution in [-0.4, -0.2) is 14.2 Å². The first-order valence-electron chi connectivity index (χ1n) is 9.46. The highest BCUT2D eigenvalue weighted by Crippen LogP contribution is 2.29. The molecule has 0 spiro atoms. The number of aromatic nitrogens is 2. The van der Waals surface area contributed by atoms with Gasteiger partial charge in [0, 0.05) is 10.0 Å². The van der Waals surface area contributed by atoms with Gasteiger partial charge in [-0.1, -0.05) is 40.9 Å². The van der Waals surface area contributed by atoms with Gasteiger partial charge >= 0.3 is 0 Å². The molecular formula is C23H16Cl2N4O2S. The summed E-state index contributed by atoms with van der Waals surface area (Å²) in [5.74, 6) is -0.410. The van der Waals surface area contributed by atoms with E-state index < -0.39 is 11.4 Å². The Morgan fingerprint density at radius 2 is 1.28 bits per heavy atom. The van der Waals surface area contributed by atoms with Crippen molar-refractivity contribution in [2.24, 2.45) is 10.2 Å². The van der Waals surface area contributed by atoms with Crippen LogP contribution in [0.15, 0.2) is 87.8 Å². The van der Waals surface area contributed by atoms with Crippen LogP contribution in [0, 0.1) is 11.7 Å². The van der Waals surface area contributed by atoms with Crippen molar-refractivity contribution in [2.45, 2.75) is 6.92 Å². The van der Waals surface area contributed by atoms with Crippen molar-refractivity contribution < 1.29 is 5.11 Å². The molecule has 0 unspecified atom stereocenters. The highest BCUT2D eigenvalue weighted by Gasteiger charge is 2.19. The van der Waals surface area contributed by atoms with Crippen molar-refractivity contribution in [1.29, 1.82) is 0 Å². The van der Waals surface area contributed by atoms with Crippen molar-refractivity contribution in [1.82, 2.24) is 9.13 Å². The minimum atomic E-state index is -0.615. The number of rotatable bonds is 4. The van der Waals surface area contributed by atoms with E-state index >= 15 is 0 Å². The monoisotopic (exact) mass is 482 g/mol. The van der Waals surface area contributed by atoms with Gasteiger partial charge in [-0.2, -0.15) is 5.11 Å². The number of aromatic hydroxyl groups is 1. The molecule has 0 aliphatic rings. The summed E-state index contributed by atoms with van der Waals surface area (Å²) in [7, 11) is 0. The molecule has 0 radical (unpaired) electrons. The summed E-state index contributed by atoms with van der Waals surface area (Å²) >= 11 is 17.5. The molecule has 4 rings (SSSR count). The maximum Gasteiger partial charge on any atom is 0.290 e. The Morgan fingerprint density at radius 3 is 1.88 bits per heavy atom. The Balaban J connectivity index is 1.99. The summed E-state index contributed by atoms with van der Waals surface area (Å²) in [6, 6.07) is 20.6. The first-order chi connectivity index (χ1) is 15.3. The number of aryl methyl sites for hydroxylation is 1. The van der Waals surface area contributed by atoms with Crippen LogP contribution in [0.3, 0.4) is 0 Å². The summed E-state index contributed by atoms with van der Waals surface area (Å²) < 4.78 is 2.73. The third-order valence-electron chi connectivity index (χ3n) is 4.68. The van der Waals surface area contributed by atoms with E-state index in [-0.39, 0.29) is 10.5 Å². The fourth-order valence-electron chi connectivity index (χ4n) is 3.03. The van der Waals surface area contributed by atoms with Crippen LogP contribution in [0.2, 0.25) is 10.0 Å². The van der Waals surface area contributed by atoms with E-state index in [0.717, 1.165) is 5.56 Å². The normalized spacial score (nSPS) is 11.2. The maximum absolute atomic E-state index is 13.3. The quantitative estimate of drug-likeness (QED) is 0.249. The second-order valence-electron chi connectivity index (χ2n) is 6.92. The molecule has 0 aliphatic carbocycles. The molecule has 4 aromatic rings. The average molecular weight is 483 g/mol. The third kappa shape index (κ3) is 4.36. The first-order valence-corrected chi connectivity index (χ1v) is 10.6. The zero-order valence-electron chi connectivity index (χ0n) is 16.7. The molecule has 160 valence electrons. The SMILES string of the molecule is Cc1ccc(-n2c(O)c(N=Nc3ccc(Cl)cc3)c(=O)n(-c3ccc(Cl)cc3)c2=S)cc1. The van der Waals surface area contributed by atoms with Crippen LogP contribution in [0.1, 0.15) is 5.56 Å². The Hall–Kier alpha value is -3.26. The Morgan fingerprint density at radius 1 is 0.781 bits per heavy atom. The highest BCUT2D eigenvalue weighted by atomic mass is 35.5. The molecule has 1 heterocycles. The van der Waals surface area contributed by atoms with E-state index in [4.69, 9.17) is 35.4 Å².